The number of nitrogens with zero attached hydrogens (tertiary/aromatic N) is 1. The molecule has 1 aliphatic heterocycles. The van der Waals surface area contributed by atoms with Crippen LogP contribution in [0.5, 0.6) is 0 Å². The lowest BCUT2D eigenvalue weighted by atomic mass is 9.95. The molecule has 0 aliphatic carbocycles. The van der Waals surface area contributed by atoms with Crippen LogP contribution in [0, 0.1) is 5.92 Å². The molecule has 0 aromatic rings. The van der Waals surface area contributed by atoms with Crippen molar-refractivity contribution in [2.45, 2.75) is 32.7 Å². The minimum Gasteiger partial charge on any atom is -0.379 e. The predicted octanol–water partition coefficient (Wildman–Crippen LogP) is 1.08. The number of rotatable bonds is 5. The van der Waals surface area contributed by atoms with Crippen molar-refractivity contribution in [1.29, 1.82) is 0 Å². The summed E-state index contributed by atoms with van der Waals surface area (Å²) >= 11 is 0. The third-order valence-electron chi connectivity index (χ3n) is 3.16. The van der Waals surface area contributed by atoms with Gasteiger partial charge in [0.25, 0.3) is 0 Å². The summed E-state index contributed by atoms with van der Waals surface area (Å²) in [4.78, 5) is 2.49. The van der Waals surface area contributed by atoms with Gasteiger partial charge in [0.1, 0.15) is 0 Å². The molecule has 0 radical (unpaired) electrons. The molecule has 1 fully saturated rings. The molecule has 0 spiro atoms. The Bertz CT molecular complexity index is 146. The minimum absolute atomic E-state index is 0.554. The van der Waals surface area contributed by atoms with Gasteiger partial charge >= 0.3 is 0 Å². The lowest BCUT2D eigenvalue weighted by Crippen LogP contribution is -2.49. The van der Waals surface area contributed by atoms with E-state index < -0.39 is 0 Å². The molecule has 2 unspecified atom stereocenters. The van der Waals surface area contributed by atoms with Gasteiger partial charge in [0, 0.05) is 25.7 Å². The van der Waals surface area contributed by atoms with Gasteiger partial charge in [0.05, 0.1) is 13.2 Å². The standard InChI is InChI=1S/C11H24N2O/c1-3-4-10(2)11(9-12)13-5-7-14-8-6-13/h10-11H,3-9,12H2,1-2H3. The number of ether oxygens (including phenoxy) is 1. The molecule has 1 saturated heterocycles. The summed E-state index contributed by atoms with van der Waals surface area (Å²) in [5, 5.41) is 0. The normalized spacial score (nSPS) is 23.4. The molecule has 1 heterocycles. The van der Waals surface area contributed by atoms with Crippen LogP contribution in [0.25, 0.3) is 0 Å². The number of morpholine rings is 1. The van der Waals surface area contributed by atoms with Crippen LogP contribution in [0.3, 0.4) is 0 Å². The molecule has 2 N–H and O–H groups in total. The second-order valence-corrected chi connectivity index (χ2v) is 4.22. The average Bonchev–Trinajstić information content (AvgIpc) is 2.21. The molecule has 0 aromatic heterocycles. The van der Waals surface area contributed by atoms with Gasteiger partial charge in [-0.15, -0.1) is 0 Å². The summed E-state index contributed by atoms with van der Waals surface area (Å²) in [6.45, 7) is 9.18. The zero-order valence-corrected chi connectivity index (χ0v) is 9.54. The minimum atomic E-state index is 0.554. The van der Waals surface area contributed by atoms with Crippen LogP contribution in [0.1, 0.15) is 26.7 Å². The highest BCUT2D eigenvalue weighted by Gasteiger charge is 2.23. The van der Waals surface area contributed by atoms with Crippen molar-refractivity contribution < 1.29 is 4.74 Å². The van der Waals surface area contributed by atoms with Gasteiger partial charge < -0.3 is 10.5 Å². The summed E-state index contributed by atoms with van der Waals surface area (Å²) < 4.78 is 5.35. The van der Waals surface area contributed by atoms with Crippen molar-refractivity contribution in [2.24, 2.45) is 11.7 Å². The summed E-state index contributed by atoms with van der Waals surface area (Å²) in [5.41, 5.74) is 5.85. The van der Waals surface area contributed by atoms with Crippen LogP contribution in [-0.4, -0.2) is 43.8 Å². The van der Waals surface area contributed by atoms with E-state index in [0.29, 0.717) is 12.0 Å². The molecule has 3 nitrogen and oxygen atoms in total. The van der Waals surface area contributed by atoms with Crippen LogP contribution in [0.15, 0.2) is 0 Å². The molecule has 3 heteroatoms. The Morgan fingerprint density at radius 3 is 2.50 bits per heavy atom. The van der Waals surface area contributed by atoms with Gasteiger partial charge in [-0.25, -0.2) is 0 Å². The summed E-state index contributed by atoms with van der Waals surface area (Å²) in [6.07, 6.45) is 2.53. The van der Waals surface area contributed by atoms with Gasteiger partial charge in [0.15, 0.2) is 0 Å². The number of hydrogen-bond acceptors (Lipinski definition) is 3. The molecule has 2 atom stereocenters. The first-order valence-corrected chi connectivity index (χ1v) is 5.81. The van der Waals surface area contributed by atoms with Crippen molar-refractivity contribution in [1.82, 2.24) is 4.90 Å². The second-order valence-electron chi connectivity index (χ2n) is 4.22. The fourth-order valence-corrected chi connectivity index (χ4v) is 2.30. The Balaban J connectivity index is 2.41. The highest BCUT2D eigenvalue weighted by molar-refractivity contribution is 4.79. The lowest BCUT2D eigenvalue weighted by Gasteiger charge is -2.37. The molecule has 84 valence electrons. The SMILES string of the molecule is CCCC(C)C(CN)N1CCOCC1. The average molecular weight is 200 g/mol. The van der Waals surface area contributed by atoms with E-state index in [-0.39, 0.29) is 0 Å². The monoisotopic (exact) mass is 200 g/mol. The van der Waals surface area contributed by atoms with E-state index in [4.69, 9.17) is 10.5 Å². The first-order chi connectivity index (χ1) is 6.79. The third-order valence-corrected chi connectivity index (χ3v) is 3.16. The van der Waals surface area contributed by atoms with Crippen LogP contribution in [-0.2, 0) is 4.74 Å². The fourth-order valence-electron chi connectivity index (χ4n) is 2.30. The van der Waals surface area contributed by atoms with Crippen molar-refractivity contribution >= 4 is 0 Å². The maximum absolute atomic E-state index is 5.85. The van der Waals surface area contributed by atoms with E-state index in [1.807, 2.05) is 0 Å². The Kier molecular flexibility index (Phi) is 5.45. The van der Waals surface area contributed by atoms with Crippen molar-refractivity contribution in [2.75, 3.05) is 32.8 Å². The topological polar surface area (TPSA) is 38.5 Å². The van der Waals surface area contributed by atoms with Crippen LogP contribution >= 0.6 is 0 Å². The van der Waals surface area contributed by atoms with Gasteiger partial charge in [-0.2, -0.15) is 0 Å². The quantitative estimate of drug-likeness (QED) is 0.722. The van der Waals surface area contributed by atoms with E-state index in [1.54, 1.807) is 0 Å². The molecule has 14 heavy (non-hydrogen) atoms. The van der Waals surface area contributed by atoms with Crippen molar-refractivity contribution in [3.8, 4) is 0 Å². The molecule has 0 saturated carbocycles. The molecular formula is C11H24N2O. The number of hydrogen-bond donors (Lipinski definition) is 1. The summed E-state index contributed by atoms with van der Waals surface area (Å²) in [7, 11) is 0. The first-order valence-electron chi connectivity index (χ1n) is 5.81. The lowest BCUT2D eigenvalue weighted by molar-refractivity contribution is 0.00581. The highest BCUT2D eigenvalue weighted by Crippen LogP contribution is 2.16. The molecule has 0 amide bonds. The van der Waals surface area contributed by atoms with Crippen LogP contribution < -0.4 is 5.73 Å². The van der Waals surface area contributed by atoms with Crippen LogP contribution in [0.4, 0.5) is 0 Å². The summed E-state index contributed by atoms with van der Waals surface area (Å²) in [6, 6.07) is 0.554. The Morgan fingerprint density at radius 1 is 1.36 bits per heavy atom. The smallest absolute Gasteiger partial charge is 0.0594 e. The van der Waals surface area contributed by atoms with Crippen LogP contribution in [0.2, 0.25) is 0 Å². The number of nitrogens with two attached hydrogens (primary N) is 1. The fraction of sp³-hybridized carbons (Fsp3) is 1.00. The summed E-state index contributed by atoms with van der Waals surface area (Å²) in [5.74, 6) is 0.711. The Labute approximate surface area is 87.6 Å². The van der Waals surface area contributed by atoms with E-state index in [0.717, 1.165) is 32.8 Å². The van der Waals surface area contributed by atoms with E-state index in [1.165, 1.54) is 12.8 Å². The zero-order valence-electron chi connectivity index (χ0n) is 9.54. The van der Waals surface area contributed by atoms with Gasteiger partial charge in [-0.1, -0.05) is 20.3 Å². The van der Waals surface area contributed by atoms with E-state index in [2.05, 4.69) is 18.7 Å². The van der Waals surface area contributed by atoms with Gasteiger partial charge in [-0.3, -0.25) is 4.90 Å². The maximum atomic E-state index is 5.85. The van der Waals surface area contributed by atoms with E-state index >= 15 is 0 Å². The largest absolute Gasteiger partial charge is 0.379 e. The van der Waals surface area contributed by atoms with Gasteiger partial charge in [-0.05, 0) is 12.3 Å². The Morgan fingerprint density at radius 2 is 2.00 bits per heavy atom. The molecule has 1 aliphatic rings. The highest BCUT2D eigenvalue weighted by atomic mass is 16.5. The zero-order chi connectivity index (χ0) is 10.4. The van der Waals surface area contributed by atoms with E-state index in [9.17, 15) is 0 Å². The second kappa shape index (κ2) is 6.38. The first kappa shape index (κ1) is 12.0. The Hall–Kier alpha value is -0.120. The molecule has 1 rings (SSSR count). The maximum Gasteiger partial charge on any atom is 0.0594 e. The van der Waals surface area contributed by atoms with Crippen molar-refractivity contribution in [3.05, 3.63) is 0 Å². The molecule has 0 bridgehead atoms. The molecular weight excluding hydrogens is 176 g/mol. The third kappa shape index (κ3) is 3.23. The predicted molar refractivity (Wildman–Crippen MR) is 59.3 cm³/mol. The molecule has 0 aromatic carbocycles. The van der Waals surface area contributed by atoms with Gasteiger partial charge in [0.2, 0.25) is 0 Å². The van der Waals surface area contributed by atoms with Crippen molar-refractivity contribution in [3.63, 3.8) is 0 Å².